The molecule has 1 aromatic rings. The first kappa shape index (κ1) is 16.1. The Morgan fingerprint density at radius 3 is 2.74 bits per heavy atom. The van der Waals surface area contributed by atoms with Crippen LogP contribution in [0.4, 0.5) is 10.1 Å². The van der Waals surface area contributed by atoms with Crippen molar-refractivity contribution < 1.29 is 19.1 Å². The van der Waals surface area contributed by atoms with E-state index >= 15 is 0 Å². The third-order valence-corrected chi connectivity index (χ3v) is 4.75. The van der Waals surface area contributed by atoms with E-state index in [9.17, 15) is 19.1 Å². The highest BCUT2D eigenvalue weighted by molar-refractivity contribution is 6.22. The van der Waals surface area contributed by atoms with E-state index in [0.717, 1.165) is 30.7 Å². The summed E-state index contributed by atoms with van der Waals surface area (Å²) in [7, 11) is 0. The van der Waals surface area contributed by atoms with E-state index < -0.39 is 11.9 Å². The molecule has 3 rings (SSSR count). The maximum absolute atomic E-state index is 14.0. The Morgan fingerprint density at radius 2 is 2.00 bits per heavy atom. The van der Waals surface area contributed by atoms with Crippen LogP contribution in [0, 0.1) is 5.82 Å². The van der Waals surface area contributed by atoms with Crippen LogP contribution >= 0.6 is 0 Å². The number of hydrogen-bond donors (Lipinski definition) is 1. The van der Waals surface area contributed by atoms with Gasteiger partial charge in [0.25, 0.3) is 5.91 Å². The lowest BCUT2D eigenvalue weighted by Gasteiger charge is -2.38. The number of likely N-dealkylation sites (tertiary alicyclic amines) is 1. The second-order valence-corrected chi connectivity index (χ2v) is 6.14. The van der Waals surface area contributed by atoms with Crippen molar-refractivity contribution >= 4 is 17.5 Å². The summed E-state index contributed by atoms with van der Waals surface area (Å²) in [6.45, 7) is 0.798. The molecule has 2 amide bonds. The molecule has 124 valence electrons. The van der Waals surface area contributed by atoms with Gasteiger partial charge in [-0.3, -0.25) is 14.5 Å². The van der Waals surface area contributed by atoms with Crippen LogP contribution in [-0.2, 0) is 9.59 Å². The number of aliphatic hydroxyl groups excluding tert-OH is 1. The molecule has 6 heteroatoms. The van der Waals surface area contributed by atoms with E-state index in [2.05, 4.69) is 0 Å². The average molecular weight is 320 g/mol. The normalized spacial score (nSPS) is 26.1. The van der Waals surface area contributed by atoms with Crippen molar-refractivity contribution in [3.05, 3.63) is 30.1 Å². The molecule has 2 saturated heterocycles. The SMILES string of the molecule is O=C1C[C@@H](N2CCCC[C@H]2CCO)C(=O)N1c1ccccc1F. The van der Waals surface area contributed by atoms with Gasteiger partial charge in [-0.25, -0.2) is 9.29 Å². The first-order valence-corrected chi connectivity index (χ1v) is 8.11. The van der Waals surface area contributed by atoms with Gasteiger partial charge < -0.3 is 5.11 Å². The molecule has 0 bridgehead atoms. The van der Waals surface area contributed by atoms with Gasteiger partial charge >= 0.3 is 0 Å². The molecular weight excluding hydrogens is 299 g/mol. The molecule has 0 aromatic heterocycles. The van der Waals surface area contributed by atoms with Gasteiger partial charge in [-0.15, -0.1) is 0 Å². The van der Waals surface area contributed by atoms with E-state index in [4.69, 9.17) is 0 Å². The Balaban J connectivity index is 1.84. The van der Waals surface area contributed by atoms with Crippen LogP contribution in [0.5, 0.6) is 0 Å². The van der Waals surface area contributed by atoms with Crippen LogP contribution in [0.3, 0.4) is 0 Å². The number of anilines is 1. The lowest BCUT2D eigenvalue weighted by atomic mass is 9.97. The van der Waals surface area contributed by atoms with Gasteiger partial charge in [-0.05, 0) is 37.9 Å². The number of amides is 2. The van der Waals surface area contributed by atoms with E-state index in [-0.39, 0.29) is 36.6 Å². The number of halogens is 1. The van der Waals surface area contributed by atoms with Crippen molar-refractivity contribution in [2.24, 2.45) is 0 Å². The fourth-order valence-electron chi connectivity index (χ4n) is 3.65. The fourth-order valence-corrected chi connectivity index (χ4v) is 3.65. The van der Waals surface area contributed by atoms with Crippen LogP contribution in [0.15, 0.2) is 24.3 Å². The van der Waals surface area contributed by atoms with Crippen LogP contribution < -0.4 is 4.90 Å². The molecule has 2 aliphatic rings. The highest BCUT2D eigenvalue weighted by Crippen LogP contribution is 2.31. The van der Waals surface area contributed by atoms with Crippen LogP contribution in [0.1, 0.15) is 32.1 Å². The fraction of sp³-hybridized carbons (Fsp3) is 0.529. The molecule has 1 aromatic carbocycles. The standard InChI is InChI=1S/C17H21FN2O3/c18-13-6-1-2-7-14(13)20-16(22)11-15(17(20)23)19-9-4-3-5-12(19)8-10-21/h1-2,6-7,12,15,21H,3-5,8-11H2/t12-,15+/m0/s1. The summed E-state index contributed by atoms with van der Waals surface area (Å²) in [4.78, 5) is 28.1. The Labute approximate surface area is 134 Å². The topological polar surface area (TPSA) is 60.9 Å². The van der Waals surface area contributed by atoms with E-state index in [1.54, 1.807) is 6.07 Å². The summed E-state index contributed by atoms with van der Waals surface area (Å²) < 4.78 is 14.0. The van der Waals surface area contributed by atoms with E-state index in [1.807, 2.05) is 4.90 Å². The van der Waals surface area contributed by atoms with Crippen LogP contribution in [-0.4, -0.2) is 47.1 Å². The molecule has 0 radical (unpaired) electrons. The third-order valence-electron chi connectivity index (χ3n) is 4.75. The molecule has 2 aliphatic heterocycles. The molecular formula is C17H21FN2O3. The van der Waals surface area contributed by atoms with E-state index in [0.29, 0.717) is 6.42 Å². The van der Waals surface area contributed by atoms with Gasteiger partial charge in [0.1, 0.15) is 5.82 Å². The van der Waals surface area contributed by atoms with Crippen molar-refractivity contribution in [1.29, 1.82) is 0 Å². The molecule has 2 heterocycles. The Hall–Kier alpha value is -1.79. The summed E-state index contributed by atoms with van der Waals surface area (Å²) >= 11 is 0. The molecule has 0 unspecified atom stereocenters. The Bertz CT molecular complexity index is 605. The number of para-hydroxylation sites is 1. The minimum absolute atomic E-state index is 0.0284. The van der Waals surface area contributed by atoms with Gasteiger partial charge in [-0.1, -0.05) is 18.6 Å². The maximum atomic E-state index is 14.0. The summed E-state index contributed by atoms with van der Waals surface area (Å²) in [5, 5.41) is 9.22. The van der Waals surface area contributed by atoms with Gasteiger partial charge in [0.15, 0.2) is 0 Å². The minimum atomic E-state index is -0.569. The Morgan fingerprint density at radius 1 is 1.22 bits per heavy atom. The molecule has 2 fully saturated rings. The number of nitrogens with zero attached hydrogens (tertiary/aromatic N) is 2. The molecule has 0 saturated carbocycles. The molecule has 2 atom stereocenters. The van der Waals surface area contributed by atoms with Crippen molar-refractivity contribution in [2.45, 2.75) is 44.2 Å². The minimum Gasteiger partial charge on any atom is -0.396 e. The largest absolute Gasteiger partial charge is 0.396 e. The van der Waals surface area contributed by atoms with Gasteiger partial charge in [0.05, 0.1) is 18.2 Å². The number of rotatable bonds is 4. The summed E-state index contributed by atoms with van der Waals surface area (Å²) in [6, 6.07) is 5.41. The smallest absolute Gasteiger partial charge is 0.251 e. The number of imide groups is 1. The zero-order chi connectivity index (χ0) is 16.4. The second-order valence-electron chi connectivity index (χ2n) is 6.14. The number of benzene rings is 1. The predicted molar refractivity (Wildman–Crippen MR) is 83.3 cm³/mol. The summed E-state index contributed by atoms with van der Waals surface area (Å²) in [5.41, 5.74) is 0.0284. The quantitative estimate of drug-likeness (QED) is 0.858. The number of carbonyl (C=O) groups excluding carboxylic acids is 2. The number of hydrogen-bond acceptors (Lipinski definition) is 4. The monoisotopic (exact) mass is 320 g/mol. The highest BCUT2D eigenvalue weighted by Gasteiger charge is 2.45. The molecule has 0 spiro atoms. The summed E-state index contributed by atoms with van der Waals surface area (Å²) in [5.74, 6) is -1.29. The zero-order valence-corrected chi connectivity index (χ0v) is 12.9. The average Bonchev–Trinajstić information content (AvgIpc) is 2.84. The summed E-state index contributed by atoms with van der Waals surface area (Å²) in [6.07, 6.45) is 3.62. The maximum Gasteiger partial charge on any atom is 0.251 e. The molecule has 0 aliphatic carbocycles. The van der Waals surface area contributed by atoms with Crippen LogP contribution in [0.2, 0.25) is 0 Å². The lowest BCUT2D eigenvalue weighted by molar-refractivity contribution is -0.124. The highest BCUT2D eigenvalue weighted by atomic mass is 19.1. The van der Waals surface area contributed by atoms with E-state index in [1.165, 1.54) is 18.2 Å². The van der Waals surface area contributed by atoms with Gasteiger partial charge in [0.2, 0.25) is 5.91 Å². The van der Waals surface area contributed by atoms with Crippen molar-refractivity contribution in [1.82, 2.24) is 4.90 Å². The van der Waals surface area contributed by atoms with Crippen molar-refractivity contribution in [2.75, 3.05) is 18.1 Å². The predicted octanol–water partition coefficient (Wildman–Crippen LogP) is 1.69. The first-order valence-electron chi connectivity index (χ1n) is 8.11. The van der Waals surface area contributed by atoms with Gasteiger partial charge in [-0.2, -0.15) is 0 Å². The number of carbonyl (C=O) groups is 2. The molecule has 23 heavy (non-hydrogen) atoms. The second kappa shape index (κ2) is 6.76. The molecule has 1 N–H and O–H groups in total. The zero-order valence-electron chi connectivity index (χ0n) is 12.9. The van der Waals surface area contributed by atoms with Crippen molar-refractivity contribution in [3.63, 3.8) is 0 Å². The Kier molecular flexibility index (Phi) is 4.73. The van der Waals surface area contributed by atoms with Gasteiger partial charge in [0, 0.05) is 12.6 Å². The number of piperidine rings is 1. The third kappa shape index (κ3) is 3.01. The van der Waals surface area contributed by atoms with Crippen LogP contribution in [0.25, 0.3) is 0 Å². The molecule has 5 nitrogen and oxygen atoms in total. The lowest BCUT2D eigenvalue weighted by Crippen LogP contribution is -2.50. The number of aliphatic hydroxyl groups is 1. The van der Waals surface area contributed by atoms with Crippen molar-refractivity contribution in [3.8, 4) is 0 Å². The first-order chi connectivity index (χ1) is 11.1.